The van der Waals surface area contributed by atoms with E-state index in [4.69, 9.17) is 13.9 Å². The topological polar surface area (TPSA) is 60.1 Å². The minimum absolute atomic E-state index is 0.0596. The van der Waals surface area contributed by atoms with E-state index in [1.54, 1.807) is 25.8 Å². The number of nitrogens with zero attached hydrogens (tertiary/aromatic N) is 3. The Balaban J connectivity index is 1.76. The summed E-state index contributed by atoms with van der Waals surface area (Å²) >= 11 is 0. The third kappa shape index (κ3) is 3.70. The van der Waals surface area contributed by atoms with Gasteiger partial charge in [-0.1, -0.05) is 6.07 Å². The van der Waals surface area contributed by atoms with Crippen molar-refractivity contribution in [3.05, 3.63) is 46.6 Å². The SMILES string of the molecule is COc1ccc(-c2cn(C)c(=O)c3cc(CN4CCN(C)C[C@H]4C)oc23)cc1OC. The van der Waals surface area contributed by atoms with Gasteiger partial charge in [0.1, 0.15) is 11.3 Å². The van der Waals surface area contributed by atoms with Crippen LogP contribution in [0.1, 0.15) is 12.7 Å². The van der Waals surface area contributed by atoms with Crippen LogP contribution < -0.4 is 15.0 Å². The summed E-state index contributed by atoms with van der Waals surface area (Å²) in [5, 5.41) is 0.599. The summed E-state index contributed by atoms with van der Waals surface area (Å²) in [5.41, 5.74) is 2.31. The predicted molar refractivity (Wildman–Crippen MR) is 117 cm³/mol. The van der Waals surface area contributed by atoms with Gasteiger partial charge in [-0.2, -0.15) is 0 Å². The fourth-order valence-corrected chi connectivity index (χ4v) is 4.20. The van der Waals surface area contributed by atoms with E-state index in [1.165, 1.54) is 0 Å². The standard InChI is InChI=1S/C23H29N3O4/c1-15-12-24(2)8-9-26(15)13-17-11-18-22(30-17)19(14-25(3)23(18)27)16-6-7-20(28-4)21(10-16)29-5/h6-7,10-11,14-15H,8-9,12-13H2,1-5H3/t15-/m1/s1. The fourth-order valence-electron chi connectivity index (χ4n) is 4.20. The van der Waals surface area contributed by atoms with Crippen molar-refractivity contribution in [2.24, 2.45) is 7.05 Å². The molecule has 0 aliphatic carbocycles. The Kier molecular flexibility index (Phi) is 5.58. The molecule has 4 rings (SSSR count). The number of likely N-dealkylation sites (N-methyl/N-ethyl adjacent to an activating group) is 1. The molecule has 0 radical (unpaired) electrons. The third-order valence-electron chi connectivity index (χ3n) is 5.92. The van der Waals surface area contributed by atoms with Crippen molar-refractivity contribution in [1.82, 2.24) is 14.4 Å². The highest BCUT2D eigenvalue weighted by molar-refractivity contribution is 5.92. The van der Waals surface area contributed by atoms with Gasteiger partial charge in [0.05, 0.1) is 26.2 Å². The molecule has 0 amide bonds. The number of ether oxygens (including phenoxy) is 2. The average molecular weight is 412 g/mol. The highest BCUT2D eigenvalue weighted by Gasteiger charge is 2.24. The van der Waals surface area contributed by atoms with Gasteiger partial charge in [-0.25, -0.2) is 0 Å². The van der Waals surface area contributed by atoms with E-state index < -0.39 is 0 Å². The Labute approximate surface area is 176 Å². The summed E-state index contributed by atoms with van der Waals surface area (Å²) in [4.78, 5) is 17.5. The number of hydrogen-bond donors (Lipinski definition) is 0. The Morgan fingerprint density at radius 1 is 1.10 bits per heavy atom. The molecule has 160 valence electrons. The lowest BCUT2D eigenvalue weighted by atomic mass is 10.1. The normalized spacial score (nSPS) is 18.1. The minimum atomic E-state index is -0.0596. The molecule has 7 heteroatoms. The number of pyridine rings is 1. The Hall–Kier alpha value is -2.77. The summed E-state index contributed by atoms with van der Waals surface area (Å²) in [6, 6.07) is 8.05. The average Bonchev–Trinajstić information content (AvgIpc) is 3.16. The summed E-state index contributed by atoms with van der Waals surface area (Å²) in [5.74, 6) is 2.10. The number of hydrogen-bond acceptors (Lipinski definition) is 6. The van der Waals surface area contributed by atoms with Gasteiger partial charge >= 0.3 is 0 Å². The smallest absolute Gasteiger partial charge is 0.261 e. The van der Waals surface area contributed by atoms with E-state index in [-0.39, 0.29) is 5.56 Å². The van der Waals surface area contributed by atoms with Gasteiger partial charge in [-0.15, -0.1) is 0 Å². The lowest BCUT2D eigenvalue weighted by Crippen LogP contribution is -2.49. The first kappa shape index (κ1) is 20.5. The molecule has 3 aromatic rings. The molecular formula is C23H29N3O4. The summed E-state index contributed by atoms with van der Waals surface area (Å²) in [7, 11) is 7.13. The van der Waals surface area contributed by atoms with Gasteiger partial charge in [0.25, 0.3) is 5.56 Å². The van der Waals surface area contributed by atoms with Crippen molar-refractivity contribution in [3.63, 3.8) is 0 Å². The van der Waals surface area contributed by atoms with Crippen LogP contribution in [-0.2, 0) is 13.6 Å². The van der Waals surface area contributed by atoms with Crippen LogP contribution in [0.2, 0.25) is 0 Å². The van der Waals surface area contributed by atoms with Crippen LogP contribution in [0.4, 0.5) is 0 Å². The molecule has 2 aromatic heterocycles. The van der Waals surface area contributed by atoms with Crippen molar-refractivity contribution in [1.29, 1.82) is 0 Å². The summed E-state index contributed by atoms with van der Waals surface area (Å²) < 4.78 is 18.7. The zero-order chi connectivity index (χ0) is 21.4. The lowest BCUT2D eigenvalue weighted by Gasteiger charge is -2.37. The molecule has 1 atom stereocenters. The quantitative estimate of drug-likeness (QED) is 0.643. The van der Waals surface area contributed by atoms with Gasteiger partial charge < -0.3 is 23.4 Å². The monoisotopic (exact) mass is 411 g/mol. The highest BCUT2D eigenvalue weighted by Crippen LogP contribution is 2.35. The molecule has 1 aromatic carbocycles. The van der Waals surface area contributed by atoms with Crippen molar-refractivity contribution >= 4 is 11.0 Å². The Morgan fingerprint density at radius 3 is 2.57 bits per heavy atom. The molecule has 0 spiro atoms. The van der Waals surface area contributed by atoms with E-state index in [9.17, 15) is 4.79 Å². The number of aryl methyl sites for hydroxylation is 1. The molecule has 1 fully saturated rings. The first-order valence-corrected chi connectivity index (χ1v) is 10.2. The lowest BCUT2D eigenvalue weighted by molar-refractivity contribution is 0.0880. The fraction of sp³-hybridized carbons (Fsp3) is 0.435. The molecule has 30 heavy (non-hydrogen) atoms. The van der Waals surface area contributed by atoms with Crippen molar-refractivity contribution in [2.75, 3.05) is 40.9 Å². The molecule has 7 nitrogen and oxygen atoms in total. The van der Waals surface area contributed by atoms with Crippen LogP contribution >= 0.6 is 0 Å². The first-order chi connectivity index (χ1) is 14.4. The predicted octanol–water partition coefficient (Wildman–Crippen LogP) is 2.95. The van der Waals surface area contributed by atoms with Crippen LogP contribution in [0.5, 0.6) is 11.5 Å². The molecule has 1 saturated heterocycles. The molecule has 0 bridgehead atoms. The maximum absolute atomic E-state index is 12.8. The van der Waals surface area contributed by atoms with E-state index >= 15 is 0 Å². The van der Waals surface area contributed by atoms with Crippen LogP contribution in [0.3, 0.4) is 0 Å². The molecule has 1 aliphatic rings. The number of fused-ring (bicyclic) bond motifs is 1. The van der Waals surface area contributed by atoms with E-state index in [0.29, 0.717) is 35.1 Å². The largest absolute Gasteiger partial charge is 0.493 e. The number of rotatable bonds is 5. The Bertz CT molecular complexity index is 1120. The minimum Gasteiger partial charge on any atom is -0.493 e. The molecule has 0 saturated carbocycles. The van der Waals surface area contributed by atoms with Crippen molar-refractivity contribution in [3.8, 4) is 22.6 Å². The first-order valence-electron chi connectivity index (χ1n) is 10.2. The third-order valence-corrected chi connectivity index (χ3v) is 5.92. The van der Waals surface area contributed by atoms with Crippen LogP contribution in [0.15, 0.2) is 39.7 Å². The van der Waals surface area contributed by atoms with E-state index in [0.717, 1.165) is 36.5 Å². The van der Waals surface area contributed by atoms with Crippen LogP contribution in [-0.4, -0.2) is 61.3 Å². The maximum atomic E-state index is 12.8. The zero-order valence-corrected chi connectivity index (χ0v) is 18.3. The number of furan rings is 1. The van der Waals surface area contributed by atoms with Gasteiger partial charge in [0.15, 0.2) is 11.5 Å². The molecule has 3 heterocycles. The van der Waals surface area contributed by atoms with Gasteiger partial charge in [-0.05, 0) is 37.7 Å². The Morgan fingerprint density at radius 2 is 1.87 bits per heavy atom. The van der Waals surface area contributed by atoms with Crippen molar-refractivity contribution < 1.29 is 13.9 Å². The number of methoxy groups -OCH3 is 2. The second kappa shape index (κ2) is 8.16. The molecule has 0 N–H and O–H groups in total. The van der Waals surface area contributed by atoms with E-state index in [2.05, 4.69) is 23.8 Å². The van der Waals surface area contributed by atoms with E-state index in [1.807, 2.05) is 30.5 Å². The summed E-state index contributed by atoms with van der Waals surface area (Å²) in [6.45, 7) is 5.96. The number of benzene rings is 1. The highest BCUT2D eigenvalue weighted by atomic mass is 16.5. The maximum Gasteiger partial charge on any atom is 0.261 e. The zero-order valence-electron chi connectivity index (χ0n) is 18.3. The number of aromatic nitrogens is 1. The molecular weight excluding hydrogens is 382 g/mol. The summed E-state index contributed by atoms with van der Waals surface area (Å²) in [6.07, 6.45) is 1.82. The molecule has 0 unspecified atom stereocenters. The second-order valence-corrected chi connectivity index (χ2v) is 8.07. The van der Waals surface area contributed by atoms with Crippen LogP contribution in [0.25, 0.3) is 22.1 Å². The van der Waals surface area contributed by atoms with Gasteiger partial charge in [0.2, 0.25) is 0 Å². The van der Waals surface area contributed by atoms with Crippen LogP contribution in [0, 0.1) is 0 Å². The van der Waals surface area contributed by atoms with Gasteiger partial charge in [-0.3, -0.25) is 9.69 Å². The van der Waals surface area contributed by atoms with Gasteiger partial charge in [0, 0.05) is 44.5 Å². The van der Waals surface area contributed by atoms with Crippen molar-refractivity contribution in [2.45, 2.75) is 19.5 Å². The second-order valence-electron chi connectivity index (χ2n) is 8.07. The number of piperazine rings is 1. The molecule has 1 aliphatic heterocycles.